The van der Waals surface area contributed by atoms with Crippen LogP contribution in [0.4, 0.5) is 11.4 Å². The van der Waals surface area contributed by atoms with Crippen LogP contribution < -0.4 is 4.31 Å². The molecule has 28 heavy (non-hydrogen) atoms. The van der Waals surface area contributed by atoms with Crippen molar-refractivity contribution in [3.63, 3.8) is 0 Å². The van der Waals surface area contributed by atoms with Crippen molar-refractivity contribution in [1.29, 1.82) is 0 Å². The van der Waals surface area contributed by atoms with Gasteiger partial charge in [-0.05, 0) is 24.3 Å². The molecule has 150 valence electrons. The zero-order valence-corrected chi connectivity index (χ0v) is 16.9. The van der Waals surface area contributed by atoms with Gasteiger partial charge in [-0.15, -0.1) is 6.58 Å². The first-order valence-corrected chi connectivity index (χ1v) is 10.8. The van der Waals surface area contributed by atoms with Crippen LogP contribution in [0, 0.1) is 10.1 Å². The average Bonchev–Trinajstić information content (AvgIpc) is 2.65. The van der Waals surface area contributed by atoms with Crippen molar-refractivity contribution in [2.75, 3.05) is 24.9 Å². The Balaban J connectivity index is 2.71. The second kappa shape index (κ2) is 8.09. The van der Waals surface area contributed by atoms with Gasteiger partial charge in [0.15, 0.2) is 4.90 Å². The maximum absolute atomic E-state index is 13.2. The van der Waals surface area contributed by atoms with E-state index in [1.165, 1.54) is 32.3 Å². The Bertz CT molecular complexity index is 1100. The first kappa shape index (κ1) is 21.5. The molecule has 2 rings (SSSR count). The molecule has 0 aliphatic heterocycles. The summed E-state index contributed by atoms with van der Waals surface area (Å²) in [6, 6.07) is 10.7. The molecular formula is C17H19N3O6S2. The van der Waals surface area contributed by atoms with Crippen LogP contribution in [0.1, 0.15) is 0 Å². The molecule has 0 fully saturated rings. The third-order valence-electron chi connectivity index (χ3n) is 3.81. The van der Waals surface area contributed by atoms with Gasteiger partial charge in [0.05, 0.1) is 22.1 Å². The number of rotatable bonds is 8. The zero-order chi connectivity index (χ0) is 21.1. The normalized spacial score (nSPS) is 12.0. The van der Waals surface area contributed by atoms with Crippen LogP contribution in [-0.2, 0) is 20.0 Å². The minimum Gasteiger partial charge on any atom is -0.262 e. The minimum atomic E-state index is -4.36. The van der Waals surface area contributed by atoms with E-state index >= 15 is 0 Å². The Morgan fingerprint density at radius 3 is 2.14 bits per heavy atom. The molecule has 0 saturated carbocycles. The molecular weight excluding hydrogens is 406 g/mol. The Labute approximate surface area is 163 Å². The van der Waals surface area contributed by atoms with E-state index in [-0.39, 0.29) is 11.4 Å². The SMILES string of the molecule is C=CCN(c1ccccc1)S(=O)(=O)c1ccc(S(=O)(=O)N(C)C)cc1[N+](=O)[O-]. The minimum absolute atomic E-state index is 0.124. The molecule has 0 aliphatic rings. The maximum Gasteiger partial charge on any atom is 0.291 e. The average molecular weight is 425 g/mol. The summed E-state index contributed by atoms with van der Waals surface area (Å²) in [5.74, 6) is 0. The van der Waals surface area contributed by atoms with Gasteiger partial charge in [0.1, 0.15) is 0 Å². The fourth-order valence-electron chi connectivity index (χ4n) is 2.40. The van der Waals surface area contributed by atoms with Crippen molar-refractivity contribution in [3.05, 3.63) is 71.3 Å². The van der Waals surface area contributed by atoms with Gasteiger partial charge in [-0.2, -0.15) is 0 Å². The standard InChI is InChI=1S/C17H19N3O6S2/c1-4-12-19(14-8-6-5-7-9-14)28(25,26)17-11-10-15(13-16(17)20(21)22)27(23,24)18(2)3/h4-11,13H,1,12H2,2-3H3. The maximum atomic E-state index is 13.2. The highest BCUT2D eigenvalue weighted by Crippen LogP contribution is 2.32. The molecule has 0 unspecified atom stereocenters. The van der Waals surface area contributed by atoms with Gasteiger partial charge >= 0.3 is 0 Å². The van der Waals surface area contributed by atoms with Gasteiger partial charge in [0.25, 0.3) is 15.7 Å². The highest BCUT2D eigenvalue weighted by molar-refractivity contribution is 7.93. The van der Waals surface area contributed by atoms with Crippen LogP contribution in [0.5, 0.6) is 0 Å². The summed E-state index contributed by atoms with van der Waals surface area (Å²) in [6.45, 7) is 3.41. The number of hydrogen-bond donors (Lipinski definition) is 0. The summed E-state index contributed by atoms with van der Waals surface area (Å²) >= 11 is 0. The summed E-state index contributed by atoms with van der Waals surface area (Å²) in [4.78, 5) is 9.62. The number of nitro groups is 1. The second-order valence-electron chi connectivity index (χ2n) is 5.83. The summed E-state index contributed by atoms with van der Waals surface area (Å²) < 4.78 is 52.7. The van der Waals surface area contributed by atoms with E-state index in [2.05, 4.69) is 6.58 Å². The fourth-order valence-corrected chi connectivity index (χ4v) is 4.90. The van der Waals surface area contributed by atoms with E-state index in [9.17, 15) is 26.9 Å². The van der Waals surface area contributed by atoms with E-state index in [1.807, 2.05) is 0 Å². The molecule has 0 aromatic heterocycles. The Morgan fingerprint density at radius 2 is 1.64 bits per heavy atom. The molecule has 0 spiro atoms. The highest BCUT2D eigenvalue weighted by atomic mass is 32.2. The molecule has 2 aromatic carbocycles. The lowest BCUT2D eigenvalue weighted by molar-refractivity contribution is -0.388. The molecule has 0 amide bonds. The largest absolute Gasteiger partial charge is 0.291 e. The van der Waals surface area contributed by atoms with E-state index in [0.29, 0.717) is 5.69 Å². The summed E-state index contributed by atoms with van der Waals surface area (Å²) in [5.41, 5.74) is -0.533. The van der Waals surface area contributed by atoms with Crippen LogP contribution in [-0.4, -0.2) is 46.7 Å². The van der Waals surface area contributed by atoms with Gasteiger partial charge in [-0.1, -0.05) is 24.3 Å². The van der Waals surface area contributed by atoms with Crippen molar-refractivity contribution < 1.29 is 21.8 Å². The lowest BCUT2D eigenvalue weighted by atomic mass is 10.3. The molecule has 0 aliphatic carbocycles. The Morgan fingerprint density at radius 1 is 1.04 bits per heavy atom. The third-order valence-corrected chi connectivity index (χ3v) is 7.47. The van der Waals surface area contributed by atoms with Crippen LogP contribution in [0.15, 0.2) is 71.0 Å². The van der Waals surface area contributed by atoms with Gasteiger partial charge < -0.3 is 0 Å². The van der Waals surface area contributed by atoms with Crippen molar-refractivity contribution in [2.24, 2.45) is 0 Å². The van der Waals surface area contributed by atoms with Crippen LogP contribution in [0.3, 0.4) is 0 Å². The van der Waals surface area contributed by atoms with E-state index in [1.54, 1.807) is 18.2 Å². The number of para-hydroxylation sites is 1. The molecule has 9 nitrogen and oxygen atoms in total. The molecule has 0 bridgehead atoms. The summed E-state index contributed by atoms with van der Waals surface area (Å²) in [7, 11) is -5.79. The number of sulfonamides is 2. The quantitative estimate of drug-likeness (QED) is 0.364. The fraction of sp³-hybridized carbons (Fsp3) is 0.176. The molecule has 2 aromatic rings. The lowest BCUT2D eigenvalue weighted by Gasteiger charge is -2.23. The van der Waals surface area contributed by atoms with Gasteiger partial charge in [0.2, 0.25) is 10.0 Å². The van der Waals surface area contributed by atoms with Gasteiger partial charge in [-0.3, -0.25) is 14.4 Å². The molecule has 0 atom stereocenters. The van der Waals surface area contributed by atoms with Crippen molar-refractivity contribution in [2.45, 2.75) is 9.79 Å². The molecule has 0 N–H and O–H groups in total. The molecule has 0 saturated heterocycles. The van der Waals surface area contributed by atoms with E-state index in [4.69, 9.17) is 0 Å². The number of nitrogens with zero attached hydrogens (tertiary/aromatic N) is 3. The monoisotopic (exact) mass is 425 g/mol. The second-order valence-corrected chi connectivity index (χ2v) is 9.82. The predicted octanol–water partition coefficient (Wildman–Crippen LogP) is 2.23. The first-order chi connectivity index (χ1) is 13.0. The summed E-state index contributed by atoms with van der Waals surface area (Å²) in [6.07, 6.45) is 1.35. The number of benzene rings is 2. The molecule has 0 heterocycles. The van der Waals surface area contributed by atoms with Gasteiger partial charge in [0, 0.05) is 20.2 Å². The molecule has 0 radical (unpaired) electrons. The van der Waals surface area contributed by atoms with E-state index < -0.39 is 35.6 Å². The highest BCUT2D eigenvalue weighted by Gasteiger charge is 2.33. The third kappa shape index (κ3) is 4.06. The van der Waals surface area contributed by atoms with Crippen LogP contribution >= 0.6 is 0 Å². The van der Waals surface area contributed by atoms with Crippen LogP contribution in [0.2, 0.25) is 0 Å². The number of nitro benzene ring substituents is 1. The van der Waals surface area contributed by atoms with Gasteiger partial charge in [-0.25, -0.2) is 21.1 Å². The van der Waals surface area contributed by atoms with Crippen molar-refractivity contribution in [1.82, 2.24) is 4.31 Å². The number of hydrogen-bond acceptors (Lipinski definition) is 6. The van der Waals surface area contributed by atoms with Crippen LogP contribution in [0.25, 0.3) is 0 Å². The number of anilines is 1. The Hall–Kier alpha value is -2.76. The summed E-state index contributed by atoms with van der Waals surface area (Å²) in [5, 5.41) is 11.5. The molecule has 11 heteroatoms. The van der Waals surface area contributed by atoms with Crippen molar-refractivity contribution in [3.8, 4) is 0 Å². The topological polar surface area (TPSA) is 118 Å². The predicted molar refractivity (Wildman–Crippen MR) is 105 cm³/mol. The Kier molecular flexibility index (Phi) is 6.22. The smallest absolute Gasteiger partial charge is 0.262 e. The zero-order valence-electron chi connectivity index (χ0n) is 15.2. The van der Waals surface area contributed by atoms with E-state index in [0.717, 1.165) is 26.8 Å². The first-order valence-electron chi connectivity index (χ1n) is 7.93. The lowest BCUT2D eigenvalue weighted by Crippen LogP contribution is -2.31. The van der Waals surface area contributed by atoms with Crippen molar-refractivity contribution >= 4 is 31.4 Å².